The first kappa shape index (κ1) is 15.7. The highest BCUT2D eigenvalue weighted by molar-refractivity contribution is 5.81. The Morgan fingerprint density at radius 2 is 1.91 bits per heavy atom. The van der Waals surface area contributed by atoms with Crippen molar-refractivity contribution >= 4 is 11.8 Å². The topological polar surface area (TPSA) is 82.1 Å². The van der Waals surface area contributed by atoms with E-state index in [-0.39, 0.29) is 29.9 Å². The normalized spacial score (nSPS) is 33.0. The molecule has 1 saturated carbocycles. The zero-order valence-corrected chi connectivity index (χ0v) is 13.0. The summed E-state index contributed by atoms with van der Waals surface area (Å²) in [5.41, 5.74) is 0. The summed E-state index contributed by atoms with van der Waals surface area (Å²) in [4.78, 5) is 27.1. The molecule has 2 saturated heterocycles. The second-order valence-electron chi connectivity index (χ2n) is 6.56. The number of piperazine rings is 1. The maximum Gasteiger partial charge on any atom is 0.223 e. The maximum atomic E-state index is 11.8. The molecule has 2 heterocycles. The number of amides is 2. The van der Waals surface area contributed by atoms with Gasteiger partial charge in [0.15, 0.2) is 0 Å². The van der Waals surface area contributed by atoms with Gasteiger partial charge in [0.25, 0.3) is 0 Å². The second-order valence-corrected chi connectivity index (χ2v) is 6.56. The van der Waals surface area contributed by atoms with Crippen LogP contribution in [0.25, 0.3) is 0 Å². The van der Waals surface area contributed by atoms with Gasteiger partial charge in [0.05, 0.1) is 18.8 Å². The van der Waals surface area contributed by atoms with Crippen molar-refractivity contribution in [3.63, 3.8) is 0 Å². The zero-order chi connectivity index (χ0) is 15.7. The number of aliphatic hydroxyl groups is 1. The fraction of sp³-hybridized carbons (Fsp3) is 0.867. The number of hydrogen-bond donors (Lipinski definition) is 2. The Morgan fingerprint density at radius 1 is 1.23 bits per heavy atom. The van der Waals surface area contributed by atoms with Crippen LogP contribution in [0.2, 0.25) is 0 Å². The molecule has 7 nitrogen and oxygen atoms in total. The average Bonchev–Trinajstić information content (AvgIpc) is 3.29. The van der Waals surface area contributed by atoms with E-state index in [2.05, 4.69) is 10.2 Å². The van der Waals surface area contributed by atoms with Crippen LogP contribution >= 0.6 is 0 Å². The van der Waals surface area contributed by atoms with Gasteiger partial charge >= 0.3 is 0 Å². The minimum Gasteiger partial charge on any atom is -0.388 e. The van der Waals surface area contributed by atoms with Gasteiger partial charge in [-0.25, -0.2) is 0 Å². The number of aliphatic hydroxyl groups excluding tert-OH is 1. The predicted octanol–water partition coefficient (Wildman–Crippen LogP) is -1.19. The minimum atomic E-state index is -0.659. The Labute approximate surface area is 130 Å². The lowest BCUT2D eigenvalue weighted by Crippen LogP contribution is -2.52. The van der Waals surface area contributed by atoms with Crippen molar-refractivity contribution in [1.29, 1.82) is 0 Å². The molecule has 2 amide bonds. The van der Waals surface area contributed by atoms with Gasteiger partial charge in [-0.05, 0) is 12.8 Å². The van der Waals surface area contributed by atoms with Gasteiger partial charge in [-0.15, -0.1) is 0 Å². The average molecular weight is 311 g/mol. The number of ether oxygens (including phenoxy) is 1. The van der Waals surface area contributed by atoms with Crippen LogP contribution < -0.4 is 5.32 Å². The van der Waals surface area contributed by atoms with Gasteiger partial charge in [-0.2, -0.15) is 0 Å². The number of hydrogen-bond acceptors (Lipinski definition) is 5. The molecule has 0 spiro atoms. The highest BCUT2D eigenvalue weighted by atomic mass is 16.5. The van der Waals surface area contributed by atoms with Gasteiger partial charge in [0, 0.05) is 45.6 Å². The van der Waals surface area contributed by atoms with Crippen molar-refractivity contribution in [2.75, 3.05) is 39.3 Å². The third-order valence-electron chi connectivity index (χ3n) is 4.81. The van der Waals surface area contributed by atoms with E-state index < -0.39 is 6.10 Å². The lowest BCUT2D eigenvalue weighted by atomic mass is 10.1. The van der Waals surface area contributed by atoms with Gasteiger partial charge in [0.2, 0.25) is 11.8 Å². The van der Waals surface area contributed by atoms with Crippen LogP contribution in [0.15, 0.2) is 0 Å². The molecule has 1 aliphatic carbocycles. The summed E-state index contributed by atoms with van der Waals surface area (Å²) in [6.45, 7) is 5.64. The number of nitrogens with zero attached hydrogens (tertiary/aromatic N) is 2. The quantitative estimate of drug-likeness (QED) is 0.682. The molecule has 3 aliphatic rings. The molecule has 22 heavy (non-hydrogen) atoms. The highest BCUT2D eigenvalue weighted by Crippen LogP contribution is 2.29. The van der Waals surface area contributed by atoms with Gasteiger partial charge in [-0.1, -0.05) is 0 Å². The Kier molecular flexibility index (Phi) is 4.65. The van der Waals surface area contributed by atoms with Crippen molar-refractivity contribution in [2.24, 2.45) is 5.92 Å². The first-order chi connectivity index (χ1) is 10.5. The number of carbonyl (C=O) groups excluding carboxylic acids is 2. The molecule has 2 N–H and O–H groups in total. The highest BCUT2D eigenvalue weighted by Gasteiger charge is 2.40. The van der Waals surface area contributed by atoms with Crippen molar-refractivity contribution in [1.82, 2.24) is 15.1 Å². The summed E-state index contributed by atoms with van der Waals surface area (Å²) >= 11 is 0. The van der Waals surface area contributed by atoms with Crippen LogP contribution in [0.3, 0.4) is 0 Å². The lowest BCUT2D eigenvalue weighted by molar-refractivity contribution is -0.130. The molecule has 3 atom stereocenters. The van der Waals surface area contributed by atoms with E-state index in [0.717, 1.165) is 39.0 Å². The summed E-state index contributed by atoms with van der Waals surface area (Å²) in [6.07, 6.45) is 0.987. The molecule has 2 aliphatic heterocycles. The zero-order valence-electron chi connectivity index (χ0n) is 13.0. The largest absolute Gasteiger partial charge is 0.388 e. The summed E-state index contributed by atoms with van der Waals surface area (Å²) in [6, 6.07) is -0.295. The monoisotopic (exact) mass is 311 g/mol. The van der Waals surface area contributed by atoms with Crippen LogP contribution in [0, 0.1) is 5.92 Å². The SMILES string of the molecule is CC(=O)N1CCN(C[C@@H]2OC[C@H](NC(=O)C3CC3)[C@H]2O)CC1. The molecule has 0 aromatic heterocycles. The van der Waals surface area contributed by atoms with Crippen molar-refractivity contribution in [3.05, 3.63) is 0 Å². The van der Waals surface area contributed by atoms with Crippen LogP contribution in [0.5, 0.6) is 0 Å². The molecular weight excluding hydrogens is 286 g/mol. The first-order valence-corrected chi connectivity index (χ1v) is 8.12. The summed E-state index contributed by atoms with van der Waals surface area (Å²) in [5.74, 6) is 0.300. The van der Waals surface area contributed by atoms with E-state index in [9.17, 15) is 14.7 Å². The van der Waals surface area contributed by atoms with Crippen LogP contribution in [-0.2, 0) is 14.3 Å². The lowest BCUT2D eigenvalue weighted by Gasteiger charge is -2.35. The maximum absolute atomic E-state index is 11.8. The standard InChI is InChI=1S/C15H25N3O4/c1-10(19)18-6-4-17(5-7-18)8-13-14(20)12(9-22-13)16-15(21)11-2-3-11/h11-14,20H,2-9H2,1H3,(H,16,21)/t12-,13-,14+/m0/s1. The molecular formula is C15H25N3O4. The molecule has 0 unspecified atom stereocenters. The summed E-state index contributed by atoms with van der Waals surface area (Å²) in [5, 5.41) is 13.2. The van der Waals surface area contributed by atoms with Gasteiger partial charge in [0.1, 0.15) is 6.10 Å². The smallest absolute Gasteiger partial charge is 0.223 e. The van der Waals surface area contributed by atoms with Gasteiger partial charge in [-0.3, -0.25) is 14.5 Å². The third kappa shape index (κ3) is 3.59. The molecule has 0 aromatic rings. The van der Waals surface area contributed by atoms with Crippen LogP contribution in [0.1, 0.15) is 19.8 Å². The Hall–Kier alpha value is -1.18. The molecule has 3 rings (SSSR count). The predicted molar refractivity (Wildman–Crippen MR) is 79.1 cm³/mol. The van der Waals surface area contributed by atoms with E-state index in [1.165, 1.54) is 0 Å². The minimum absolute atomic E-state index is 0.0448. The summed E-state index contributed by atoms with van der Waals surface area (Å²) in [7, 11) is 0. The first-order valence-electron chi connectivity index (χ1n) is 8.12. The fourth-order valence-electron chi connectivity index (χ4n) is 3.12. The Morgan fingerprint density at radius 3 is 2.50 bits per heavy atom. The molecule has 7 heteroatoms. The Balaban J connectivity index is 1.43. The number of rotatable bonds is 4. The van der Waals surface area contributed by atoms with Crippen LogP contribution in [0.4, 0.5) is 0 Å². The third-order valence-corrected chi connectivity index (χ3v) is 4.81. The molecule has 124 valence electrons. The van der Waals surface area contributed by atoms with Crippen molar-refractivity contribution in [2.45, 2.75) is 38.0 Å². The second kappa shape index (κ2) is 6.52. The Bertz CT molecular complexity index is 433. The van der Waals surface area contributed by atoms with Crippen molar-refractivity contribution < 1.29 is 19.4 Å². The van der Waals surface area contributed by atoms with E-state index in [4.69, 9.17) is 4.74 Å². The molecule has 0 aromatic carbocycles. The number of carbonyl (C=O) groups is 2. The molecule has 3 fully saturated rings. The van der Waals surface area contributed by atoms with Crippen molar-refractivity contribution in [3.8, 4) is 0 Å². The summed E-state index contributed by atoms with van der Waals surface area (Å²) < 4.78 is 5.67. The van der Waals surface area contributed by atoms with E-state index in [1.807, 2.05) is 4.90 Å². The number of nitrogens with one attached hydrogen (secondary N) is 1. The molecule has 0 bridgehead atoms. The van der Waals surface area contributed by atoms with E-state index in [0.29, 0.717) is 13.2 Å². The van der Waals surface area contributed by atoms with E-state index in [1.54, 1.807) is 6.92 Å². The van der Waals surface area contributed by atoms with Gasteiger partial charge < -0.3 is 20.1 Å². The molecule has 0 radical (unpaired) electrons. The van der Waals surface area contributed by atoms with Crippen LogP contribution in [-0.4, -0.2) is 84.3 Å². The van der Waals surface area contributed by atoms with E-state index >= 15 is 0 Å². The fourth-order valence-corrected chi connectivity index (χ4v) is 3.12.